The van der Waals surface area contributed by atoms with Gasteiger partial charge in [0.15, 0.2) is 5.17 Å². The van der Waals surface area contributed by atoms with Gasteiger partial charge < -0.3 is 5.32 Å². The van der Waals surface area contributed by atoms with Crippen LogP contribution in [0.25, 0.3) is 0 Å². The van der Waals surface area contributed by atoms with Crippen molar-refractivity contribution >= 4 is 16.9 Å². The molecular weight excluding hydrogens is 278 g/mol. The highest BCUT2D eigenvalue weighted by Gasteiger charge is 2.28. The van der Waals surface area contributed by atoms with Gasteiger partial charge in [-0.25, -0.2) is 0 Å². The Morgan fingerprint density at radius 1 is 1.29 bits per heavy atom. The van der Waals surface area contributed by atoms with Crippen LogP contribution in [0.4, 0.5) is 0 Å². The molecule has 3 atom stereocenters. The average Bonchev–Trinajstić information content (AvgIpc) is 2.88. The molecule has 0 spiro atoms. The van der Waals surface area contributed by atoms with Crippen LogP contribution in [0, 0.1) is 5.92 Å². The summed E-state index contributed by atoms with van der Waals surface area (Å²) in [5.41, 5.74) is 1.42. The first-order chi connectivity index (χ1) is 10.2. The molecule has 4 heteroatoms. The molecule has 2 heterocycles. The topological polar surface area (TPSA) is 27.6 Å². The number of piperidine rings is 1. The van der Waals surface area contributed by atoms with E-state index in [-0.39, 0.29) is 0 Å². The van der Waals surface area contributed by atoms with Crippen molar-refractivity contribution in [3.8, 4) is 0 Å². The highest BCUT2D eigenvalue weighted by Crippen LogP contribution is 2.23. The summed E-state index contributed by atoms with van der Waals surface area (Å²) in [4.78, 5) is 7.16. The van der Waals surface area contributed by atoms with Crippen LogP contribution in [-0.2, 0) is 6.54 Å². The van der Waals surface area contributed by atoms with E-state index in [1.807, 2.05) is 11.8 Å². The van der Waals surface area contributed by atoms with Crippen molar-refractivity contribution in [2.45, 2.75) is 38.1 Å². The Balaban J connectivity index is 1.50. The van der Waals surface area contributed by atoms with Crippen molar-refractivity contribution in [2.24, 2.45) is 10.9 Å². The summed E-state index contributed by atoms with van der Waals surface area (Å²) in [6.45, 7) is 8.98. The SMILES string of the molecule is CC1CN=C(NC2CCN(Cc3ccccc3)CC2C)S1. The summed E-state index contributed by atoms with van der Waals surface area (Å²) in [7, 11) is 0. The minimum Gasteiger partial charge on any atom is -0.362 e. The molecule has 0 radical (unpaired) electrons. The zero-order valence-electron chi connectivity index (χ0n) is 13.0. The molecule has 3 nitrogen and oxygen atoms in total. The molecule has 2 aliphatic rings. The number of thioether (sulfide) groups is 1. The molecular formula is C17H25N3S. The molecule has 114 valence electrons. The predicted octanol–water partition coefficient (Wildman–Crippen LogP) is 2.98. The maximum Gasteiger partial charge on any atom is 0.157 e. The minimum absolute atomic E-state index is 0.577. The molecule has 3 unspecified atom stereocenters. The normalized spacial score (nSPS) is 30.2. The molecule has 21 heavy (non-hydrogen) atoms. The number of likely N-dealkylation sites (tertiary alicyclic amines) is 1. The summed E-state index contributed by atoms with van der Waals surface area (Å²) in [6.07, 6.45) is 1.21. The fourth-order valence-electron chi connectivity index (χ4n) is 3.15. The van der Waals surface area contributed by atoms with Gasteiger partial charge in [0, 0.05) is 30.9 Å². The number of hydrogen-bond donors (Lipinski definition) is 1. The smallest absolute Gasteiger partial charge is 0.157 e. The second kappa shape index (κ2) is 6.84. The first kappa shape index (κ1) is 14.9. The third kappa shape index (κ3) is 4.01. The molecule has 0 bridgehead atoms. The molecule has 2 aliphatic heterocycles. The van der Waals surface area contributed by atoms with Crippen LogP contribution in [0.15, 0.2) is 35.3 Å². The summed E-state index contributed by atoms with van der Waals surface area (Å²) in [6, 6.07) is 11.4. The fourth-order valence-corrected chi connectivity index (χ4v) is 4.05. The Morgan fingerprint density at radius 2 is 2.10 bits per heavy atom. The van der Waals surface area contributed by atoms with Crippen molar-refractivity contribution in [1.29, 1.82) is 0 Å². The van der Waals surface area contributed by atoms with Gasteiger partial charge in [-0.05, 0) is 17.9 Å². The second-order valence-electron chi connectivity index (χ2n) is 6.31. The molecule has 1 aromatic carbocycles. The van der Waals surface area contributed by atoms with Crippen molar-refractivity contribution in [2.75, 3.05) is 19.6 Å². The summed E-state index contributed by atoms with van der Waals surface area (Å²) >= 11 is 1.89. The quantitative estimate of drug-likeness (QED) is 0.930. The van der Waals surface area contributed by atoms with E-state index >= 15 is 0 Å². The van der Waals surface area contributed by atoms with Crippen molar-refractivity contribution in [1.82, 2.24) is 10.2 Å². The summed E-state index contributed by atoms with van der Waals surface area (Å²) in [5, 5.41) is 5.47. The molecule has 1 aromatic rings. The summed E-state index contributed by atoms with van der Waals surface area (Å²) in [5.74, 6) is 0.668. The minimum atomic E-state index is 0.577. The van der Waals surface area contributed by atoms with E-state index in [1.165, 1.54) is 25.1 Å². The van der Waals surface area contributed by atoms with E-state index in [4.69, 9.17) is 0 Å². The zero-order valence-corrected chi connectivity index (χ0v) is 13.8. The highest BCUT2D eigenvalue weighted by atomic mass is 32.2. The van der Waals surface area contributed by atoms with Crippen molar-refractivity contribution in [3.05, 3.63) is 35.9 Å². The van der Waals surface area contributed by atoms with Crippen LogP contribution in [-0.4, -0.2) is 41.0 Å². The lowest BCUT2D eigenvalue weighted by Crippen LogP contribution is -2.49. The number of nitrogens with one attached hydrogen (secondary N) is 1. The van der Waals surface area contributed by atoms with Gasteiger partial charge in [0.2, 0.25) is 0 Å². The molecule has 1 N–H and O–H groups in total. The maximum atomic E-state index is 4.59. The molecule has 0 aliphatic carbocycles. The monoisotopic (exact) mass is 303 g/mol. The lowest BCUT2D eigenvalue weighted by molar-refractivity contribution is 0.150. The van der Waals surface area contributed by atoms with Crippen LogP contribution in [0.1, 0.15) is 25.8 Å². The lowest BCUT2D eigenvalue weighted by Gasteiger charge is -2.37. The van der Waals surface area contributed by atoms with Gasteiger partial charge in [0.05, 0.1) is 6.54 Å². The Kier molecular flexibility index (Phi) is 4.86. The zero-order chi connectivity index (χ0) is 14.7. The van der Waals surface area contributed by atoms with Crippen molar-refractivity contribution < 1.29 is 0 Å². The molecule has 1 fully saturated rings. The Labute approximate surface area is 132 Å². The molecule has 0 aromatic heterocycles. The van der Waals surface area contributed by atoms with Gasteiger partial charge in [-0.15, -0.1) is 0 Å². The first-order valence-electron chi connectivity index (χ1n) is 7.94. The van der Waals surface area contributed by atoms with E-state index in [2.05, 4.69) is 59.4 Å². The largest absolute Gasteiger partial charge is 0.362 e. The second-order valence-corrected chi connectivity index (χ2v) is 7.74. The Bertz CT molecular complexity index is 488. The van der Waals surface area contributed by atoms with E-state index in [1.54, 1.807) is 0 Å². The molecule has 3 rings (SSSR count). The lowest BCUT2D eigenvalue weighted by atomic mass is 9.93. The van der Waals surface area contributed by atoms with Gasteiger partial charge in [0.1, 0.15) is 0 Å². The first-order valence-corrected chi connectivity index (χ1v) is 8.82. The van der Waals surface area contributed by atoms with E-state index in [9.17, 15) is 0 Å². The van der Waals surface area contributed by atoms with E-state index < -0.39 is 0 Å². The summed E-state index contributed by atoms with van der Waals surface area (Å²) < 4.78 is 0. The van der Waals surface area contributed by atoms with Crippen LogP contribution >= 0.6 is 11.8 Å². The number of nitrogens with zero attached hydrogens (tertiary/aromatic N) is 2. The van der Waals surface area contributed by atoms with Gasteiger partial charge in [0.25, 0.3) is 0 Å². The number of rotatable bonds is 3. The number of amidine groups is 1. The standard InChI is InChI=1S/C17H25N3S/c1-13-11-20(12-15-6-4-3-5-7-15)9-8-16(13)19-17-18-10-14(2)21-17/h3-7,13-14,16H,8-12H2,1-2H3,(H,18,19). The van der Waals surface area contributed by atoms with Gasteiger partial charge in [-0.3, -0.25) is 9.89 Å². The highest BCUT2D eigenvalue weighted by molar-refractivity contribution is 8.14. The van der Waals surface area contributed by atoms with Crippen LogP contribution in [0.2, 0.25) is 0 Å². The Morgan fingerprint density at radius 3 is 2.76 bits per heavy atom. The number of benzene rings is 1. The van der Waals surface area contributed by atoms with E-state index in [0.717, 1.165) is 18.3 Å². The molecule has 1 saturated heterocycles. The van der Waals surface area contributed by atoms with Crippen LogP contribution < -0.4 is 5.32 Å². The van der Waals surface area contributed by atoms with Gasteiger partial charge in [-0.2, -0.15) is 0 Å². The maximum absolute atomic E-state index is 4.59. The Hall–Kier alpha value is -1.00. The molecule has 0 amide bonds. The predicted molar refractivity (Wildman–Crippen MR) is 91.8 cm³/mol. The van der Waals surface area contributed by atoms with Gasteiger partial charge >= 0.3 is 0 Å². The van der Waals surface area contributed by atoms with Crippen molar-refractivity contribution in [3.63, 3.8) is 0 Å². The van der Waals surface area contributed by atoms with Crippen LogP contribution in [0.5, 0.6) is 0 Å². The average molecular weight is 303 g/mol. The van der Waals surface area contributed by atoms with Gasteiger partial charge in [-0.1, -0.05) is 55.9 Å². The van der Waals surface area contributed by atoms with Crippen LogP contribution in [0.3, 0.4) is 0 Å². The molecule has 0 saturated carbocycles. The fraction of sp³-hybridized carbons (Fsp3) is 0.588. The van der Waals surface area contributed by atoms with E-state index in [0.29, 0.717) is 17.2 Å². The number of hydrogen-bond acceptors (Lipinski definition) is 4. The number of aliphatic imine (C=N–C) groups is 1. The third-order valence-corrected chi connectivity index (χ3v) is 5.37. The third-order valence-electron chi connectivity index (χ3n) is 4.35.